The number of nitrogens with zero attached hydrogens (tertiary/aromatic N) is 2. The Hall–Kier alpha value is -2.08. The monoisotopic (exact) mass is 236 g/mol. The van der Waals surface area contributed by atoms with Crippen molar-refractivity contribution >= 4 is 11.5 Å². The highest BCUT2D eigenvalue weighted by Crippen LogP contribution is 2.16. The first-order valence-corrected chi connectivity index (χ1v) is 5.05. The molecule has 2 heterocycles. The molecule has 2 rings (SSSR count). The summed E-state index contributed by atoms with van der Waals surface area (Å²) in [6.07, 6.45) is 2.95. The second-order valence-electron chi connectivity index (χ2n) is 3.40. The van der Waals surface area contributed by atoms with Crippen LogP contribution in [0.15, 0.2) is 24.5 Å². The van der Waals surface area contributed by atoms with Crippen LogP contribution >= 0.6 is 0 Å². The van der Waals surface area contributed by atoms with E-state index in [1.807, 2.05) is 0 Å². The Morgan fingerprint density at radius 3 is 3.00 bits per heavy atom. The summed E-state index contributed by atoms with van der Waals surface area (Å²) in [4.78, 5) is 10.9. The Balaban J connectivity index is 2.23. The Morgan fingerprint density at radius 1 is 1.47 bits per heavy atom. The molecule has 0 aliphatic carbocycles. The van der Waals surface area contributed by atoms with Gasteiger partial charge in [-0.2, -0.15) is 5.10 Å². The minimum absolute atomic E-state index is 0.174. The minimum Gasteiger partial charge on any atom is -0.490 e. The largest absolute Gasteiger partial charge is 0.490 e. The third kappa shape index (κ3) is 2.36. The molecule has 17 heavy (non-hydrogen) atoms. The molecule has 2 aromatic heterocycles. The van der Waals surface area contributed by atoms with Crippen LogP contribution in [0.4, 0.5) is 0 Å². The van der Waals surface area contributed by atoms with Crippen LogP contribution in [-0.4, -0.2) is 41.0 Å². The molecule has 90 valence electrons. The van der Waals surface area contributed by atoms with Gasteiger partial charge >= 0.3 is 5.97 Å². The summed E-state index contributed by atoms with van der Waals surface area (Å²) in [5, 5.41) is 12.9. The lowest BCUT2D eigenvalue weighted by atomic mass is 10.2. The molecule has 0 spiro atoms. The molecule has 0 aliphatic rings. The number of hydrogen-bond acceptors (Lipinski definition) is 4. The van der Waals surface area contributed by atoms with Crippen molar-refractivity contribution in [3.05, 3.63) is 30.1 Å². The van der Waals surface area contributed by atoms with E-state index in [-0.39, 0.29) is 5.56 Å². The van der Waals surface area contributed by atoms with E-state index in [4.69, 9.17) is 14.6 Å². The second-order valence-corrected chi connectivity index (χ2v) is 3.40. The van der Waals surface area contributed by atoms with Gasteiger partial charge in [0.15, 0.2) is 0 Å². The van der Waals surface area contributed by atoms with Gasteiger partial charge in [0.2, 0.25) is 0 Å². The third-order valence-corrected chi connectivity index (χ3v) is 2.28. The zero-order valence-electron chi connectivity index (χ0n) is 9.29. The van der Waals surface area contributed by atoms with Crippen molar-refractivity contribution in [2.75, 3.05) is 20.3 Å². The lowest BCUT2D eigenvalue weighted by molar-refractivity contribution is 0.0699. The van der Waals surface area contributed by atoms with Gasteiger partial charge in [-0.05, 0) is 12.1 Å². The van der Waals surface area contributed by atoms with Crippen LogP contribution in [0.25, 0.3) is 5.52 Å². The Morgan fingerprint density at radius 2 is 2.29 bits per heavy atom. The van der Waals surface area contributed by atoms with Gasteiger partial charge in [0.25, 0.3) is 0 Å². The summed E-state index contributed by atoms with van der Waals surface area (Å²) in [6.45, 7) is 0.937. The molecule has 0 atom stereocenters. The van der Waals surface area contributed by atoms with E-state index < -0.39 is 5.97 Å². The van der Waals surface area contributed by atoms with Gasteiger partial charge in [0, 0.05) is 7.11 Å². The van der Waals surface area contributed by atoms with Gasteiger partial charge in [-0.25, -0.2) is 9.31 Å². The van der Waals surface area contributed by atoms with Gasteiger partial charge in [-0.1, -0.05) is 0 Å². The van der Waals surface area contributed by atoms with E-state index in [1.165, 1.54) is 10.7 Å². The van der Waals surface area contributed by atoms with Crippen molar-refractivity contribution in [3.63, 3.8) is 0 Å². The Labute approximate surface area is 97.4 Å². The van der Waals surface area contributed by atoms with Crippen LogP contribution in [0.2, 0.25) is 0 Å². The molecule has 0 amide bonds. The van der Waals surface area contributed by atoms with Gasteiger partial charge in [-0.3, -0.25) is 0 Å². The second kappa shape index (κ2) is 4.84. The number of aromatic nitrogens is 2. The molecule has 6 nitrogen and oxygen atoms in total. The van der Waals surface area contributed by atoms with Crippen molar-refractivity contribution in [1.29, 1.82) is 0 Å². The third-order valence-electron chi connectivity index (χ3n) is 2.28. The van der Waals surface area contributed by atoms with Crippen LogP contribution < -0.4 is 4.74 Å². The van der Waals surface area contributed by atoms with Crippen molar-refractivity contribution < 1.29 is 19.4 Å². The van der Waals surface area contributed by atoms with Gasteiger partial charge in [0.1, 0.15) is 17.9 Å². The van der Waals surface area contributed by atoms with Crippen molar-refractivity contribution in [2.45, 2.75) is 0 Å². The first-order chi connectivity index (χ1) is 8.22. The lowest BCUT2D eigenvalue weighted by Crippen LogP contribution is -2.05. The predicted molar refractivity (Wildman–Crippen MR) is 59.5 cm³/mol. The SMILES string of the molecule is COCCOc1ccc2c(C(=O)O)cnn2c1. The smallest absolute Gasteiger partial charge is 0.339 e. The minimum atomic E-state index is -0.993. The summed E-state index contributed by atoms with van der Waals surface area (Å²) >= 11 is 0. The zero-order chi connectivity index (χ0) is 12.3. The number of carbonyl (C=O) groups is 1. The number of hydrogen-bond donors (Lipinski definition) is 1. The maximum absolute atomic E-state index is 10.9. The van der Waals surface area contributed by atoms with Crippen molar-refractivity contribution in [1.82, 2.24) is 9.61 Å². The summed E-state index contributed by atoms with van der Waals surface area (Å²) in [7, 11) is 1.60. The summed E-state index contributed by atoms with van der Waals surface area (Å²) in [5.74, 6) is -0.373. The molecule has 0 saturated carbocycles. The number of aromatic carboxylic acids is 1. The van der Waals surface area contributed by atoms with Crippen LogP contribution in [-0.2, 0) is 4.74 Å². The number of pyridine rings is 1. The molecule has 6 heteroatoms. The highest BCUT2D eigenvalue weighted by atomic mass is 16.5. The average molecular weight is 236 g/mol. The molecule has 1 N–H and O–H groups in total. The highest BCUT2D eigenvalue weighted by Gasteiger charge is 2.10. The van der Waals surface area contributed by atoms with Crippen LogP contribution in [0.3, 0.4) is 0 Å². The van der Waals surface area contributed by atoms with Crippen molar-refractivity contribution in [3.8, 4) is 5.75 Å². The molecule has 0 bridgehead atoms. The number of carboxylic acid groups (broad SMARTS) is 1. The lowest BCUT2D eigenvalue weighted by Gasteiger charge is -2.05. The molecule has 0 fully saturated rings. The average Bonchev–Trinajstić information content (AvgIpc) is 2.72. The number of carboxylic acids is 1. The van der Waals surface area contributed by atoms with E-state index >= 15 is 0 Å². The van der Waals surface area contributed by atoms with Crippen LogP contribution in [0, 0.1) is 0 Å². The maximum atomic E-state index is 10.9. The number of rotatable bonds is 5. The fourth-order valence-corrected chi connectivity index (χ4v) is 1.46. The number of fused-ring (bicyclic) bond motifs is 1. The molecule has 0 aliphatic heterocycles. The fourth-order valence-electron chi connectivity index (χ4n) is 1.46. The first-order valence-electron chi connectivity index (χ1n) is 5.05. The standard InChI is InChI=1S/C11H12N2O4/c1-16-4-5-17-8-2-3-10-9(11(14)15)6-12-13(10)7-8/h2-3,6-7H,4-5H2,1H3,(H,14,15). The predicted octanol–water partition coefficient (Wildman–Crippen LogP) is 1.06. The van der Waals surface area contributed by atoms with Crippen molar-refractivity contribution in [2.24, 2.45) is 0 Å². The van der Waals surface area contributed by atoms with E-state index in [9.17, 15) is 4.79 Å². The Bertz CT molecular complexity index is 535. The fraction of sp³-hybridized carbons (Fsp3) is 0.273. The molecule has 0 saturated heterocycles. The molecule has 0 radical (unpaired) electrons. The van der Waals surface area contributed by atoms with Gasteiger partial charge in [0.05, 0.1) is 24.5 Å². The molecular weight excluding hydrogens is 224 g/mol. The van der Waals surface area contributed by atoms with E-state index in [1.54, 1.807) is 25.4 Å². The van der Waals surface area contributed by atoms with Gasteiger partial charge in [-0.15, -0.1) is 0 Å². The topological polar surface area (TPSA) is 73.1 Å². The summed E-state index contributed by atoms with van der Waals surface area (Å²) in [6, 6.07) is 3.37. The highest BCUT2D eigenvalue weighted by molar-refractivity contribution is 5.95. The maximum Gasteiger partial charge on any atom is 0.339 e. The van der Waals surface area contributed by atoms with Crippen LogP contribution in [0.1, 0.15) is 10.4 Å². The molecule has 2 aromatic rings. The van der Waals surface area contributed by atoms with E-state index in [2.05, 4.69) is 5.10 Å². The normalized spacial score (nSPS) is 10.6. The van der Waals surface area contributed by atoms with E-state index in [0.29, 0.717) is 24.5 Å². The molecule has 0 aromatic carbocycles. The zero-order valence-corrected chi connectivity index (χ0v) is 9.29. The summed E-state index contributed by atoms with van der Waals surface area (Å²) < 4.78 is 11.7. The van der Waals surface area contributed by atoms with Gasteiger partial charge < -0.3 is 14.6 Å². The van der Waals surface area contributed by atoms with E-state index in [0.717, 1.165) is 0 Å². The number of ether oxygens (including phenoxy) is 2. The number of methoxy groups -OCH3 is 1. The molecular formula is C11H12N2O4. The molecule has 0 unspecified atom stereocenters. The first kappa shape index (κ1) is 11.4. The Kier molecular flexibility index (Phi) is 3.24. The quantitative estimate of drug-likeness (QED) is 0.786. The summed E-state index contributed by atoms with van der Waals surface area (Å²) in [5.41, 5.74) is 0.713. The van der Waals surface area contributed by atoms with Crippen LogP contribution in [0.5, 0.6) is 5.75 Å².